The zero-order chi connectivity index (χ0) is 14.9. The summed E-state index contributed by atoms with van der Waals surface area (Å²) in [6.45, 7) is 4.80. The van der Waals surface area contributed by atoms with E-state index in [0.717, 1.165) is 6.42 Å². The number of aryl methyl sites for hydroxylation is 1. The highest BCUT2D eigenvalue weighted by molar-refractivity contribution is 7.89. The number of anilines is 1. The fourth-order valence-corrected chi connectivity index (χ4v) is 4.30. The van der Waals surface area contributed by atoms with Gasteiger partial charge in [-0.2, -0.15) is 4.31 Å². The van der Waals surface area contributed by atoms with Gasteiger partial charge >= 0.3 is 0 Å². The average molecular weight is 298 g/mol. The molecule has 20 heavy (non-hydrogen) atoms. The zero-order valence-corrected chi connectivity index (χ0v) is 13.0. The van der Waals surface area contributed by atoms with Crippen LogP contribution in [-0.4, -0.2) is 39.0 Å². The van der Waals surface area contributed by atoms with Crippen molar-refractivity contribution in [1.29, 1.82) is 0 Å². The van der Waals surface area contributed by atoms with Crippen LogP contribution in [0.2, 0.25) is 0 Å². The summed E-state index contributed by atoms with van der Waals surface area (Å²) in [5, 5.41) is 0. The van der Waals surface area contributed by atoms with Crippen molar-refractivity contribution in [3.05, 3.63) is 23.8 Å². The van der Waals surface area contributed by atoms with E-state index in [9.17, 15) is 8.42 Å². The first-order chi connectivity index (χ1) is 9.36. The molecule has 2 rings (SSSR count). The quantitative estimate of drug-likeness (QED) is 0.861. The minimum absolute atomic E-state index is 0.0485. The SMILES string of the molecule is COC1CN(S(=O)(=O)c2ccc(N)cc2C)CCC1C. The van der Waals surface area contributed by atoms with Gasteiger partial charge in [-0.25, -0.2) is 8.42 Å². The summed E-state index contributed by atoms with van der Waals surface area (Å²) in [7, 11) is -1.85. The number of nitrogen functional groups attached to an aromatic ring is 1. The second-order valence-corrected chi connectivity index (χ2v) is 7.33. The monoisotopic (exact) mass is 298 g/mol. The first-order valence-electron chi connectivity index (χ1n) is 6.75. The molecule has 0 amide bonds. The number of sulfonamides is 1. The van der Waals surface area contributed by atoms with Crippen LogP contribution in [0.4, 0.5) is 5.69 Å². The van der Waals surface area contributed by atoms with Gasteiger partial charge in [0.25, 0.3) is 0 Å². The van der Waals surface area contributed by atoms with Crippen molar-refractivity contribution >= 4 is 15.7 Å². The van der Waals surface area contributed by atoms with Crippen molar-refractivity contribution in [3.63, 3.8) is 0 Å². The number of methoxy groups -OCH3 is 1. The van der Waals surface area contributed by atoms with E-state index in [1.807, 2.05) is 0 Å². The standard InChI is InChI=1S/C14H22N2O3S/c1-10-6-7-16(9-13(10)19-3)20(17,18)14-5-4-12(15)8-11(14)2/h4-5,8,10,13H,6-7,9,15H2,1-3H3. The second kappa shape index (κ2) is 5.71. The third kappa shape index (κ3) is 2.82. The molecule has 0 bridgehead atoms. The van der Waals surface area contributed by atoms with Gasteiger partial charge in [-0.05, 0) is 43.0 Å². The Morgan fingerprint density at radius 3 is 2.70 bits per heavy atom. The molecule has 6 heteroatoms. The Labute approximate surface area is 120 Å². The van der Waals surface area contributed by atoms with Gasteiger partial charge in [0.2, 0.25) is 10.0 Å². The molecule has 1 heterocycles. The molecule has 0 radical (unpaired) electrons. The lowest BCUT2D eigenvalue weighted by molar-refractivity contribution is 0.0183. The second-order valence-electron chi connectivity index (χ2n) is 5.43. The smallest absolute Gasteiger partial charge is 0.243 e. The van der Waals surface area contributed by atoms with E-state index in [4.69, 9.17) is 10.5 Å². The summed E-state index contributed by atoms with van der Waals surface area (Å²) in [6, 6.07) is 4.90. The van der Waals surface area contributed by atoms with Crippen LogP contribution >= 0.6 is 0 Å². The van der Waals surface area contributed by atoms with E-state index in [1.165, 1.54) is 4.31 Å². The minimum Gasteiger partial charge on any atom is -0.399 e. The van der Waals surface area contributed by atoms with Gasteiger partial charge in [-0.1, -0.05) is 6.92 Å². The Bertz CT molecular complexity index is 586. The van der Waals surface area contributed by atoms with Gasteiger partial charge in [-0.3, -0.25) is 0 Å². The predicted octanol–water partition coefficient (Wildman–Crippen LogP) is 1.62. The highest BCUT2D eigenvalue weighted by Crippen LogP contribution is 2.27. The molecule has 1 fully saturated rings. The van der Waals surface area contributed by atoms with E-state index in [1.54, 1.807) is 32.2 Å². The summed E-state index contributed by atoms with van der Waals surface area (Å²) in [5.41, 5.74) is 6.93. The van der Waals surface area contributed by atoms with E-state index < -0.39 is 10.0 Å². The number of nitrogens with zero attached hydrogens (tertiary/aromatic N) is 1. The van der Waals surface area contributed by atoms with Crippen LogP contribution in [0.1, 0.15) is 18.9 Å². The van der Waals surface area contributed by atoms with Crippen molar-refractivity contribution < 1.29 is 13.2 Å². The van der Waals surface area contributed by atoms with Crippen molar-refractivity contribution in [3.8, 4) is 0 Å². The van der Waals surface area contributed by atoms with Gasteiger partial charge in [0.1, 0.15) is 0 Å². The molecule has 0 aromatic heterocycles. The molecule has 112 valence electrons. The molecule has 2 unspecified atom stereocenters. The molecule has 1 saturated heterocycles. The van der Waals surface area contributed by atoms with Gasteiger partial charge < -0.3 is 10.5 Å². The molecule has 2 atom stereocenters. The summed E-state index contributed by atoms with van der Waals surface area (Å²) < 4.78 is 32.3. The molecule has 0 saturated carbocycles. The number of benzene rings is 1. The third-order valence-corrected chi connectivity index (χ3v) is 6.00. The van der Waals surface area contributed by atoms with Gasteiger partial charge in [-0.15, -0.1) is 0 Å². The van der Waals surface area contributed by atoms with E-state index in [0.29, 0.717) is 35.2 Å². The fraction of sp³-hybridized carbons (Fsp3) is 0.571. The van der Waals surface area contributed by atoms with Crippen LogP contribution < -0.4 is 5.73 Å². The van der Waals surface area contributed by atoms with E-state index in [-0.39, 0.29) is 6.10 Å². The summed E-state index contributed by atoms with van der Waals surface area (Å²) in [5.74, 6) is 0.374. The molecule has 5 nitrogen and oxygen atoms in total. The maximum Gasteiger partial charge on any atom is 0.243 e. The molecule has 0 spiro atoms. The number of hydrogen-bond acceptors (Lipinski definition) is 4. The van der Waals surface area contributed by atoms with Gasteiger partial charge in [0.15, 0.2) is 0 Å². The maximum atomic E-state index is 12.7. The predicted molar refractivity (Wildman–Crippen MR) is 78.9 cm³/mol. The lowest BCUT2D eigenvalue weighted by Gasteiger charge is -2.35. The Hall–Kier alpha value is -1.11. The van der Waals surface area contributed by atoms with E-state index in [2.05, 4.69) is 6.92 Å². The van der Waals surface area contributed by atoms with Crippen molar-refractivity contribution in [2.24, 2.45) is 5.92 Å². The Kier molecular flexibility index (Phi) is 4.36. The Morgan fingerprint density at radius 1 is 1.40 bits per heavy atom. The minimum atomic E-state index is -3.48. The Morgan fingerprint density at radius 2 is 2.10 bits per heavy atom. The van der Waals surface area contributed by atoms with Crippen LogP contribution in [0.25, 0.3) is 0 Å². The summed E-state index contributed by atoms with van der Waals surface area (Å²) >= 11 is 0. The fourth-order valence-electron chi connectivity index (χ4n) is 2.63. The van der Waals surface area contributed by atoms with Crippen LogP contribution in [-0.2, 0) is 14.8 Å². The molecule has 1 aliphatic rings. The number of piperidine rings is 1. The normalized spacial score (nSPS) is 24.8. The molecule has 2 N–H and O–H groups in total. The van der Waals surface area contributed by atoms with Gasteiger partial charge in [0, 0.05) is 25.9 Å². The highest BCUT2D eigenvalue weighted by atomic mass is 32.2. The zero-order valence-electron chi connectivity index (χ0n) is 12.2. The lowest BCUT2D eigenvalue weighted by Crippen LogP contribution is -2.46. The lowest BCUT2D eigenvalue weighted by atomic mass is 9.97. The van der Waals surface area contributed by atoms with Crippen molar-refractivity contribution in [1.82, 2.24) is 4.31 Å². The molecule has 1 aromatic carbocycles. The Balaban J connectivity index is 2.31. The van der Waals surface area contributed by atoms with Crippen molar-refractivity contribution in [2.75, 3.05) is 25.9 Å². The number of hydrogen-bond donors (Lipinski definition) is 1. The molecular weight excluding hydrogens is 276 g/mol. The van der Waals surface area contributed by atoms with Crippen LogP contribution in [0.5, 0.6) is 0 Å². The summed E-state index contributed by atoms with van der Waals surface area (Å²) in [6.07, 6.45) is 0.763. The molecule has 0 aliphatic carbocycles. The van der Waals surface area contributed by atoms with Crippen LogP contribution in [0.15, 0.2) is 23.1 Å². The largest absolute Gasteiger partial charge is 0.399 e. The maximum absolute atomic E-state index is 12.7. The first-order valence-corrected chi connectivity index (χ1v) is 8.19. The number of nitrogens with two attached hydrogens (primary N) is 1. The first kappa shape index (κ1) is 15.3. The molecular formula is C14H22N2O3S. The summed E-state index contributed by atoms with van der Waals surface area (Å²) in [4.78, 5) is 0.330. The number of rotatable bonds is 3. The highest BCUT2D eigenvalue weighted by Gasteiger charge is 2.34. The van der Waals surface area contributed by atoms with Crippen molar-refractivity contribution in [2.45, 2.75) is 31.3 Å². The average Bonchev–Trinajstić information content (AvgIpc) is 2.38. The molecule has 1 aliphatic heterocycles. The van der Waals surface area contributed by atoms with Crippen LogP contribution in [0, 0.1) is 12.8 Å². The molecule has 1 aromatic rings. The van der Waals surface area contributed by atoms with Crippen LogP contribution in [0.3, 0.4) is 0 Å². The topological polar surface area (TPSA) is 72.6 Å². The third-order valence-electron chi connectivity index (χ3n) is 3.97. The number of ether oxygens (including phenoxy) is 1. The van der Waals surface area contributed by atoms with Gasteiger partial charge in [0.05, 0.1) is 11.0 Å². The van der Waals surface area contributed by atoms with E-state index >= 15 is 0 Å².